The first kappa shape index (κ1) is 16.9. The summed E-state index contributed by atoms with van der Waals surface area (Å²) >= 11 is 0. The van der Waals surface area contributed by atoms with Gasteiger partial charge in [-0.1, -0.05) is 32.9 Å². The third-order valence-corrected chi connectivity index (χ3v) is 5.67. The lowest BCUT2D eigenvalue weighted by molar-refractivity contribution is -0.140. The molecule has 22 heavy (non-hydrogen) atoms. The van der Waals surface area contributed by atoms with Crippen molar-refractivity contribution in [1.29, 1.82) is 0 Å². The predicted octanol–water partition coefficient (Wildman–Crippen LogP) is 1.03. The second-order valence-electron chi connectivity index (χ2n) is 6.48. The smallest absolute Gasteiger partial charge is 0.322 e. The van der Waals surface area contributed by atoms with Gasteiger partial charge >= 0.3 is 5.97 Å². The van der Waals surface area contributed by atoms with Crippen LogP contribution in [0.4, 0.5) is 0 Å². The van der Waals surface area contributed by atoms with Crippen molar-refractivity contribution in [2.75, 3.05) is 19.6 Å². The fraction of sp³-hybridized carbons (Fsp3) is 0.533. The van der Waals surface area contributed by atoms with Crippen LogP contribution in [0.2, 0.25) is 0 Å². The van der Waals surface area contributed by atoms with E-state index in [0.717, 1.165) is 5.56 Å². The number of benzene rings is 1. The molecule has 0 aromatic heterocycles. The van der Waals surface area contributed by atoms with Crippen LogP contribution >= 0.6 is 0 Å². The summed E-state index contributed by atoms with van der Waals surface area (Å²) in [6.07, 6.45) is 0. The zero-order chi connectivity index (χ0) is 16.5. The highest BCUT2D eigenvalue weighted by Gasteiger charge is 2.33. The number of piperazine rings is 1. The number of hydrogen-bond acceptors (Lipinski definition) is 4. The highest BCUT2D eigenvalue weighted by Crippen LogP contribution is 2.25. The Morgan fingerprint density at radius 2 is 1.86 bits per heavy atom. The summed E-state index contributed by atoms with van der Waals surface area (Å²) in [5.74, 6) is -1.04. The zero-order valence-electron chi connectivity index (χ0n) is 13.0. The molecule has 1 aliphatic heterocycles. The van der Waals surface area contributed by atoms with Gasteiger partial charge in [0.15, 0.2) is 0 Å². The molecule has 1 aliphatic rings. The molecule has 0 saturated carbocycles. The summed E-state index contributed by atoms with van der Waals surface area (Å²) in [7, 11) is -3.66. The van der Waals surface area contributed by atoms with E-state index in [0.29, 0.717) is 6.54 Å². The van der Waals surface area contributed by atoms with Crippen molar-refractivity contribution >= 4 is 16.0 Å². The predicted molar refractivity (Wildman–Crippen MR) is 83.3 cm³/mol. The lowest BCUT2D eigenvalue weighted by Gasteiger charge is -2.30. The maximum atomic E-state index is 12.6. The Bertz CT molecular complexity index is 647. The van der Waals surface area contributed by atoms with E-state index in [9.17, 15) is 13.2 Å². The van der Waals surface area contributed by atoms with E-state index in [1.165, 1.54) is 4.31 Å². The Labute approximate surface area is 131 Å². The van der Waals surface area contributed by atoms with E-state index in [-0.39, 0.29) is 23.4 Å². The minimum absolute atomic E-state index is 0.0499. The van der Waals surface area contributed by atoms with Crippen LogP contribution in [0.5, 0.6) is 0 Å². The van der Waals surface area contributed by atoms with Gasteiger partial charge in [-0.2, -0.15) is 4.31 Å². The summed E-state index contributed by atoms with van der Waals surface area (Å²) in [5, 5.41) is 11.8. The molecular weight excluding hydrogens is 304 g/mol. The summed E-state index contributed by atoms with van der Waals surface area (Å²) in [5.41, 5.74) is 1.00. The highest BCUT2D eigenvalue weighted by molar-refractivity contribution is 7.89. The largest absolute Gasteiger partial charge is 0.480 e. The van der Waals surface area contributed by atoms with Crippen LogP contribution in [0.25, 0.3) is 0 Å². The molecule has 0 aliphatic carbocycles. The van der Waals surface area contributed by atoms with Gasteiger partial charge in [0.2, 0.25) is 10.0 Å². The number of carbonyl (C=O) groups is 1. The monoisotopic (exact) mass is 326 g/mol. The molecule has 0 spiro atoms. The molecule has 122 valence electrons. The first-order valence-electron chi connectivity index (χ1n) is 7.19. The second-order valence-corrected chi connectivity index (χ2v) is 8.42. The molecule has 0 radical (unpaired) electrons. The van der Waals surface area contributed by atoms with Crippen molar-refractivity contribution < 1.29 is 18.3 Å². The van der Waals surface area contributed by atoms with Crippen molar-refractivity contribution in [1.82, 2.24) is 9.62 Å². The quantitative estimate of drug-likeness (QED) is 0.866. The van der Waals surface area contributed by atoms with Gasteiger partial charge in [0, 0.05) is 19.6 Å². The Balaban J connectivity index is 2.25. The fourth-order valence-corrected chi connectivity index (χ4v) is 3.84. The number of sulfonamides is 1. The lowest BCUT2D eigenvalue weighted by Crippen LogP contribution is -2.55. The molecule has 1 fully saturated rings. The van der Waals surface area contributed by atoms with E-state index < -0.39 is 22.0 Å². The van der Waals surface area contributed by atoms with Crippen LogP contribution in [0.15, 0.2) is 29.2 Å². The maximum Gasteiger partial charge on any atom is 0.322 e. The molecule has 2 N–H and O–H groups in total. The van der Waals surface area contributed by atoms with E-state index in [2.05, 4.69) is 26.1 Å². The molecule has 2 rings (SSSR count). The number of rotatable bonds is 3. The van der Waals surface area contributed by atoms with Crippen molar-refractivity contribution in [3.8, 4) is 0 Å². The third kappa shape index (κ3) is 3.48. The fourth-order valence-electron chi connectivity index (χ4n) is 2.38. The van der Waals surface area contributed by atoms with Crippen LogP contribution in [0.1, 0.15) is 26.3 Å². The number of carboxylic acid groups (broad SMARTS) is 1. The average Bonchev–Trinajstić information content (AvgIpc) is 2.46. The van der Waals surface area contributed by atoms with Crippen LogP contribution in [-0.4, -0.2) is 49.5 Å². The second kappa shape index (κ2) is 5.98. The van der Waals surface area contributed by atoms with E-state index >= 15 is 0 Å². The molecule has 1 aromatic rings. The Morgan fingerprint density at radius 1 is 1.27 bits per heavy atom. The first-order valence-corrected chi connectivity index (χ1v) is 8.63. The van der Waals surface area contributed by atoms with Crippen molar-refractivity contribution in [3.05, 3.63) is 29.8 Å². The van der Waals surface area contributed by atoms with Crippen molar-refractivity contribution in [3.63, 3.8) is 0 Å². The van der Waals surface area contributed by atoms with Crippen LogP contribution in [0, 0.1) is 0 Å². The number of hydrogen-bond donors (Lipinski definition) is 2. The number of nitrogens with zero attached hydrogens (tertiary/aromatic N) is 1. The average molecular weight is 326 g/mol. The molecule has 7 heteroatoms. The minimum atomic E-state index is -3.66. The molecule has 1 atom stereocenters. The van der Waals surface area contributed by atoms with Crippen molar-refractivity contribution in [2.45, 2.75) is 37.1 Å². The minimum Gasteiger partial charge on any atom is -0.480 e. The first-order chi connectivity index (χ1) is 10.1. The van der Waals surface area contributed by atoms with Crippen LogP contribution in [-0.2, 0) is 20.2 Å². The van der Waals surface area contributed by atoms with Crippen LogP contribution in [0.3, 0.4) is 0 Å². The van der Waals surface area contributed by atoms with Crippen LogP contribution < -0.4 is 5.32 Å². The van der Waals surface area contributed by atoms with Gasteiger partial charge < -0.3 is 10.4 Å². The summed E-state index contributed by atoms with van der Waals surface area (Å²) in [4.78, 5) is 11.2. The Morgan fingerprint density at radius 3 is 2.36 bits per heavy atom. The van der Waals surface area contributed by atoms with E-state index in [1.807, 2.05) is 12.1 Å². The Hall–Kier alpha value is -1.44. The highest BCUT2D eigenvalue weighted by atomic mass is 32.2. The van der Waals surface area contributed by atoms with Crippen molar-refractivity contribution in [2.24, 2.45) is 0 Å². The molecular formula is C15H22N2O4S. The standard InChI is InChI=1S/C15H22N2O4S/c1-15(2,3)11-4-6-12(7-5-11)22(20,21)17-9-8-16-13(10-17)14(18)19/h4-7,13,16H,8-10H2,1-3H3,(H,18,19). The Kier molecular flexibility index (Phi) is 4.60. The zero-order valence-corrected chi connectivity index (χ0v) is 13.9. The topological polar surface area (TPSA) is 86.7 Å². The SMILES string of the molecule is CC(C)(C)c1ccc(S(=O)(=O)N2CCNC(C(=O)O)C2)cc1. The van der Waals surface area contributed by atoms with Gasteiger partial charge in [-0.25, -0.2) is 8.42 Å². The van der Waals surface area contributed by atoms with Gasteiger partial charge in [0.1, 0.15) is 6.04 Å². The molecule has 1 aromatic carbocycles. The molecule has 1 unspecified atom stereocenters. The molecule has 1 heterocycles. The van der Waals surface area contributed by atoms with Gasteiger partial charge in [0.05, 0.1) is 4.90 Å². The van der Waals surface area contributed by atoms with Gasteiger partial charge in [0.25, 0.3) is 0 Å². The summed E-state index contributed by atoms with van der Waals surface area (Å²) < 4.78 is 26.5. The van der Waals surface area contributed by atoms with E-state index in [1.54, 1.807) is 12.1 Å². The normalized spacial score (nSPS) is 20.8. The summed E-state index contributed by atoms with van der Waals surface area (Å²) in [6.45, 7) is 6.72. The van der Waals surface area contributed by atoms with Gasteiger partial charge in [-0.15, -0.1) is 0 Å². The maximum absolute atomic E-state index is 12.6. The number of aliphatic carboxylic acids is 1. The molecule has 1 saturated heterocycles. The molecule has 0 amide bonds. The third-order valence-electron chi connectivity index (χ3n) is 3.79. The molecule has 0 bridgehead atoms. The number of nitrogens with one attached hydrogen (secondary N) is 1. The molecule has 6 nitrogen and oxygen atoms in total. The summed E-state index contributed by atoms with van der Waals surface area (Å²) in [6, 6.07) is 5.94. The van der Waals surface area contributed by atoms with Gasteiger partial charge in [-0.05, 0) is 23.1 Å². The lowest BCUT2D eigenvalue weighted by atomic mass is 9.87. The number of carboxylic acids is 1. The van der Waals surface area contributed by atoms with Gasteiger partial charge in [-0.3, -0.25) is 4.79 Å². The van der Waals surface area contributed by atoms with E-state index in [4.69, 9.17) is 5.11 Å².